The Morgan fingerprint density at radius 2 is 1.70 bits per heavy atom. The third-order valence-corrected chi connectivity index (χ3v) is 16.3. The normalized spacial score (nSPS) is 35.2. The van der Waals surface area contributed by atoms with E-state index in [9.17, 15) is 27.6 Å². The van der Waals surface area contributed by atoms with Gasteiger partial charge in [-0.15, -0.1) is 5.10 Å². The molecule has 1 aromatic carbocycles. The Bertz CT molecular complexity index is 2150. The fraction of sp³-hybridized carbons (Fsp3) is 0.674. The minimum Gasteiger partial charge on any atom is -0.471 e. The molecule has 2 amide bonds. The summed E-state index contributed by atoms with van der Waals surface area (Å²) in [6.45, 7) is 7.87. The van der Waals surface area contributed by atoms with Crippen LogP contribution in [0, 0.1) is 40.9 Å². The number of ether oxygens (including phenoxy) is 2. The van der Waals surface area contributed by atoms with Crippen molar-refractivity contribution in [3.05, 3.63) is 46.8 Å². The van der Waals surface area contributed by atoms with Crippen LogP contribution in [0.1, 0.15) is 105 Å². The fourth-order valence-electron chi connectivity index (χ4n) is 9.92. The molecule has 3 heterocycles. The number of esters is 1. The summed E-state index contributed by atoms with van der Waals surface area (Å²) in [7, 11) is -3.96. The van der Waals surface area contributed by atoms with Crippen molar-refractivity contribution in [3.8, 4) is 5.88 Å². The van der Waals surface area contributed by atoms with E-state index < -0.39 is 50.1 Å². The van der Waals surface area contributed by atoms with Gasteiger partial charge in [0.1, 0.15) is 12.2 Å². The van der Waals surface area contributed by atoms with Crippen molar-refractivity contribution in [1.82, 2.24) is 19.4 Å². The zero-order valence-electron chi connectivity index (χ0n) is 33.5. The number of allylic oxidation sites excluding steroid dienone is 2. The lowest BCUT2D eigenvalue weighted by molar-refractivity contribution is -0.155. The van der Waals surface area contributed by atoms with E-state index in [1.165, 1.54) is 16.0 Å². The molecule has 1 unspecified atom stereocenters. The van der Waals surface area contributed by atoms with E-state index >= 15 is 4.79 Å². The molecule has 57 heavy (non-hydrogen) atoms. The summed E-state index contributed by atoms with van der Waals surface area (Å²) >= 11 is 0. The van der Waals surface area contributed by atoms with Gasteiger partial charge in [-0.2, -0.15) is 0 Å². The maximum Gasteiger partial charge on any atom is 0.306 e. The van der Waals surface area contributed by atoms with Crippen LogP contribution in [0.5, 0.6) is 5.88 Å². The lowest BCUT2D eigenvalue weighted by Gasteiger charge is -2.32. The predicted molar refractivity (Wildman–Crippen MR) is 211 cm³/mol. The van der Waals surface area contributed by atoms with E-state index in [-0.39, 0.29) is 72.8 Å². The number of sulfonamides is 1. The highest BCUT2D eigenvalue weighted by Gasteiger charge is 2.63. The third kappa shape index (κ3) is 7.79. The molecule has 6 aliphatic rings. The monoisotopic (exact) mass is 804 g/mol. The number of hydrogen-bond acceptors (Lipinski definition) is 10. The average Bonchev–Trinajstić information content (AvgIpc) is 4.13. The first-order chi connectivity index (χ1) is 27.1. The van der Waals surface area contributed by atoms with Gasteiger partial charge in [0.15, 0.2) is 5.78 Å². The van der Waals surface area contributed by atoms with Crippen molar-refractivity contribution in [1.29, 1.82) is 0 Å². The van der Waals surface area contributed by atoms with Gasteiger partial charge in [-0.25, -0.2) is 13.1 Å². The molecule has 2 aliphatic heterocycles. The van der Waals surface area contributed by atoms with E-state index in [4.69, 9.17) is 9.47 Å². The highest BCUT2D eigenvalue weighted by atomic mass is 32.2. The molecule has 5 fully saturated rings. The molecule has 0 radical (unpaired) electrons. The number of ketones is 1. The Balaban J connectivity index is 1.12. The van der Waals surface area contributed by atoms with Crippen LogP contribution < -0.4 is 15.0 Å². The highest BCUT2D eigenvalue weighted by Crippen LogP contribution is 2.58. The first kappa shape index (κ1) is 39.7. The zero-order valence-corrected chi connectivity index (χ0v) is 34.3. The topological polar surface area (TPSA) is 171 Å². The first-order valence-electron chi connectivity index (χ1n) is 21.0. The number of hydrogen-bond donors (Lipinski definition) is 1. The molecule has 10 atom stereocenters. The minimum absolute atomic E-state index is 0.0194. The van der Waals surface area contributed by atoms with E-state index in [2.05, 4.69) is 16.7 Å². The van der Waals surface area contributed by atoms with E-state index in [0.717, 1.165) is 25.7 Å². The van der Waals surface area contributed by atoms with Crippen molar-refractivity contribution >= 4 is 44.4 Å². The number of carbonyl (C=O) groups is 4. The number of carbonyl (C=O) groups excluding carboxylic acids is 4. The largest absolute Gasteiger partial charge is 0.471 e. The molecular weight excluding hydrogens is 749 g/mol. The molecule has 1 saturated heterocycles. The van der Waals surface area contributed by atoms with Gasteiger partial charge in [0.05, 0.1) is 45.9 Å². The number of nitrogens with zero attached hydrogens (tertiary/aromatic N) is 3. The van der Waals surface area contributed by atoms with Crippen molar-refractivity contribution < 1.29 is 37.1 Å². The SMILES string of the molecule is CCn1nc(O[C@@H]2C[C@H]3C(=O)C[C@]4(C(=O)NS(=O)(=O)C5(C)CC5)C[C@H]4/C=C\CC[C@H](C)C[C@@H](C)[C@H](CC(=O)OC4C[C@@H]5C[C@@H]5C4)C(=O)N3C2)c2ccccc2c1=O. The minimum atomic E-state index is -3.96. The third-order valence-electron chi connectivity index (χ3n) is 14.1. The summed E-state index contributed by atoms with van der Waals surface area (Å²) in [5.41, 5.74) is -1.54. The second-order valence-corrected chi connectivity index (χ2v) is 20.6. The maximum atomic E-state index is 15.0. The Morgan fingerprint density at radius 1 is 0.982 bits per heavy atom. The molecule has 0 spiro atoms. The Kier molecular flexibility index (Phi) is 10.4. The van der Waals surface area contributed by atoms with Crippen molar-refractivity contribution in [2.24, 2.45) is 40.9 Å². The number of aryl methyl sites for hydroxylation is 1. The number of amides is 2. The van der Waals surface area contributed by atoms with Gasteiger partial charge in [0.2, 0.25) is 27.7 Å². The van der Waals surface area contributed by atoms with Crippen LogP contribution in [-0.4, -0.2) is 76.2 Å². The lowest BCUT2D eigenvalue weighted by atomic mass is 9.82. The first-order valence-corrected chi connectivity index (χ1v) is 22.5. The average molecular weight is 805 g/mol. The van der Waals surface area contributed by atoms with Crippen LogP contribution in [-0.2, 0) is 40.5 Å². The molecule has 1 aromatic heterocycles. The Labute approximate surface area is 334 Å². The molecule has 13 nitrogen and oxygen atoms in total. The zero-order chi connectivity index (χ0) is 40.4. The molecule has 4 aliphatic carbocycles. The maximum absolute atomic E-state index is 15.0. The van der Waals surface area contributed by atoms with E-state index in [1.807, 2.05) is 26.0 Å². The lowest BCUT2D eigenvalue weighted by Crippen LogP contribution is -2.48. The second kappa shape index (κ2) is 14.9. The Morgan fingerprint density at radius 3 is 2.40 bits per heavy atom. The molecule has 1 N–H and O–H groups in total. The number of fused-ring (bicyclic) bond motifs is 4. The molecule has 4 saturated carbocycles. The smallest absolute Gasteiger partial charge is 0.306 e. The molecule has 14 heteroatoms. The molecule has 308 valence electrons. The van der Waals surface area contributed by atoms with Gasteiger partial charge >= 0.3 is 5.97 Å². The molecular formula is C43H56N4O9S. The summed E-state index contributed by atoms with van der Waals surface area (Å²) in [5.74, 6) is -1.44. The summed E-state index contributed by atoms with van der Waals surface area (Å²) in [5, 5.41) is 5.46. The number of rotatable bonds is 9. The van der Waals surface area contributed by atoms with Gasteiger partial charge in [0.25, 0.3) is 5.56 Å². The summed E-state index contributed by atoms with van der Waals surface area (Å²) < 4.78 is 41.7. The van der Waals surface area contributed by atoms with Crippen LogP contribution in [0.4, 0.5) is 0 Å². The van der Waals surface area contributed by atoms with Crippen molar-refractivity contribution in [2.75, 3.05) is 6.54 Å². The van der Waals surface area contributed by atoms with Gasteiger partial charge < -0.3 is 14.4 Å². The standard InChI is InChI=1S/C43H56N4O9S/c1-5-47-40(51)33-13-9-8-12-32(33)38(44-47)56-31-20-35-36(48)23-43(41(52)45-57(53,54)42(4)14-15-42)22-29(43)11-7-6-10-25(2)16-26(3)34(39(50)46(35)24-31)21-37(49)55-30-18-27-17-28(27)19-30/h7-9,11-13,25-31,34-35H,5-6,10,14-24H2,1-4H3,(H,45,52)/b11-7-/t25-,26+,27-,28+,29+,30?,31+,34-,35-,43+/m0/s1. The van der Waals surface area contributed by atoms with Crippen molar-refractivity contribution in [2.45, 2.75) is 134 Å². The van der Waals surface area contributed by atoms with Gasteiger partial charge in [0, 0.05) is 19.4 Å². The summed E-state index contributed by atoms with van der Waals surface area (Å²) in [6.07, 6.45) is 9.21. The quantitative estimate of drug-likeness (QED) is 0.266. The van der Waals surface area contributed by atoms with Crippen molar-refractivity contribution in [3.63, 3.8) is 0 Å². The molecule has 2 aromatic rings. The Hall–Kier alpha value is -4.07. The van der Waals surface area contributed by atoms with E-state index in [0.29, 0.717) is 54.8 Å². The van der Waals surface area contributed by atoms with Crippen LogP contribution in [0.3, 0.4) is 0 Å². The fourth-order valence-corrected chi connectivity index (χ4v) is 11.3. The predicted octanol–water partition coefficient (Wildman–Crippen LogP) is 5.09. The van der Waals surface area contributed by atoms with Crippen LogP contribution in [0.2, 0.25) is 0 Å². The van der Waals surface area contributed by atoms with E-state index in [1.54, 1.807) is 31.2 Å². The number of nitrogens with one attached hydrogen (secondary N) is 1. The number of benzene rings is 1. The second-order valence-electron chi connectivity index (χ2n) is 18.4. The molecule has 0 bridgehead atoms. The van der Waals surface area contributed by atoms with Gasteiger partial charge in [-0.3, -0.25) is 28.7 Å². The van der Waals surface area contributed by atoms with Crippen LogP contribution in [0.25, 0.3) is 10.8 Å². The summed E-state index contributed by atoms with van der Waals surface area (Å²) in [6, 6.07) is 6.00. The number of Topliss-reactive ketones (excluding diaryl/α,β-unsaturated/α-hetero) is 1. The van der Waals surface area contributed by atoms with Crippen LogP contribution in [0.15, 0.2) is 41.2 Å². The van der Waals surface area contributed by atoms with Crippen LogP contribution >= 0.6 is 0 Å². The van der Waals surface area contributed by atoms with Gasteiger partial charge in [-0.05, 0) is 113 Å². The molecule has 8 rings (SSSR count). The van der Waals surface area contributed by atoms with Gasteiger partial charge in [-0.1, -0.05) is 38.1 Å². The highest BCUT2D eigenvalue weighted by molar-refractivity contribution is 7.91. The number of aromatic nitrogens is 2. The summed E-state index contributed by atoms with van der Waals surface area (Å²) in [4.78, 5) is 72.0.